The van der Waals surface area contributed by atoms with E-state index in [1.54, 1.807) is 0 Å². The zero-order valence-electron chi connectivity index (χ0n) is 10.1. The topological polar surface area (TPSA) is 3.24 Å². The molecule has 0 radical (unpaired) electrons. The van der Waals surface area contributed by atoms with Gasteiger partial charge in [0.25, 0.3) is 0 Å². The van der Waals surface area contributed by atoms with Gasteiger partial charge in [-0.15, -0.1) is 11.6 Å². The van der Waals surface area contributed by atoms with Gasteiger partial charge in [-0.05, 0) is 37.8 Å². The molecule has 2 saturated heterocycles. The molecule has 1 aromatic rings. The lowest BCUT2D eigenvalue weighted by atomic mass is 10.0. The highest BCUT2D eigenvalue weighted by atomic mass is 35.5. The van der Waals surface area contributed by atoms with E-state index < -0.39 is 0 Å². The van der Waals surface area contributed by atoms with Crippen LogP contribution in [0.2, 0.25) is 10.0 Å². The number of halogens is 3. The normalized spacial score (nSPS) is 31.8. The van der Waals surface area contributed by atoms with E-state index in [0.717, 1.165) is 35.0 Å². The lowest BCUT2D eigenvalue weighted by molar-refractivity contribution is 0.134. The summed E-state index contributed by atoms with van der Waals surface area (Å²) in [6.07, 6.45) is 4.71. The third kappa shape index (κ3) is 2.38. The van der Waals surface area contributed by atoms with Crippen molar-refractivity contribution in [2.24, 2.45) is 0 Å². The molecule has 18 heavy (non-hydrogen) atoms. The second-order valence-corrected chi connectivity index (χ2v) is 6.76. The number of hydrogen-bond donors (Lipinski definition) is 0. The van der Waals surface area contributed by atoms with Crippen LogP contribution in [0.3, 0.4) is 0 Å². The molecular formula is C14H16Cl3N. The Bertz CT molecular complexity index is 414. The van der Waals surface area contributed by atoms with Gasteiger partial charge in [0.15, 0.2) is 0 Å². The SMILES string of the molecule is Clc1cccc(Cl)c1CN1C2CCC1CC(Cl)C2. The smallest absolute Gasteiger partial charge is 0.0465 e. The molecule has 98 valence electrons. The summed E-state index contributed by atoms with van der Waals surface area (Å²) < 4.78 is 0. The monoisotopic (exact) mass is 303 g/mol. The van der Waals surface area contributed by atoms with Crippen molar-refractivity contribution in [3.63, 3.8) is 0 Å². The Balaban J connectivity index is 1.81. The minimum atomic E-state index is 0.348. The quantitative estimate of drug-likeness (QED) is 0.714. The standard InChI is InChI=1S/C14H16Cl3N/c15-9-6-10-4-5-11(7-9)18(10)8-12-13(16)2-1-3-14(12)17/h1-3,9-11H,4-8H2. The molecule has 0 N–H and O–H groups in total. The van der Waals surface area contributed by atoms with Gasteiger partial charge >= 0.3 is 0 Å². The Kier molecular flexibility index (Phi) is 3.77. The number of alkyl halides is 1. The second kappa shape index (κ2) is 5.20. The molecule has 2 unspecified atom stereocenters. The van der Waals surface area contributed by atoms with Crippen LogP contribution in [-0.2, 0) is 6.54 Å². The van der Waals surface area contributed by atoms with Crippen molar-refractivity contribution in [1.29, 1.82) is 0 Å². The van der Waals surface area contributed by atoms with E-state index in [4.69, 9.17) is 34.8 Å². The molecule has 2 aliphatic heterocycles. The second-order valence-electron chi connectivity index (χ2n) is 5.33. The fourth-order valence-electron chi connectivity index (χ4n) is 3.33. The van der Waals surface area contributed by atoms with Gasteiger partial charge in [0.2, 0.25) is 0 Å². The summed E-state index contributed by atoms with van der Waals surface area (Å²) >= 11 is 18.8. The average molecular weight is 305 g/mol. The van der Waals surface area contributed by atoms with Gasteiger partial charge in [-0.2, -0.15) is 0 Å². The molecule has 0 saturated carbocycles. The highest BCUT2D eigenvalue weighted by Crippen LogP contribution is 2.40. The maximum Gasteiger partial charge on any atom is 0.0465 e. The average Bonchev–Trinajstić information content (AvgIpc) is 2.56. The molecule has 0 aliphatic carbocycles. The molecule has 0 amide bonds. The summed E-state index contributed by atoms with van der Waals surface area (Å²) in [6, 6.07) is 6.95. The maximum atomic E-state index is 6.30. The van der Waals surface area contributed by atoms with Crippen LogP contribution in [0.1, 0.15) is 31.2 Å². The molecule has 1 aromatic carbocycles. The Labute approximate surface area is 123 Å². The highest BCUT2D eigenvalue weighted by molar-refractivity contribution is 6.35. The molecule has 4 heteroatoms. The van der Waals surface area contributed by atoms with E-state index in [2.05, 4.69) is 4.90 Å². The van der Waals surface area contributed by atoms with Gasteiger partial charge in [0, 0.05) is 39.6 Å². The van der Waals surface area contributed by atoms with Crippen LogP contribution in [0.25, 0.3) is 0 Å². The first-order chi connectivity index (χ1) is 8.65. The predicted molar refractivity (Wildman–Crippen MR) is 77.7 cm³/mol. The van der Waals surface area contributed by atoms with Crippen molar-refractivity contribution >= 4 is 34.8 Å². The third-order valence-electron chi connectivity index (χ3n) is 4.23. The van der Waals surface area contributed by atoms with Crippen molar-refractivity contribution in [3.8, 4) is 0 Å². The van der Waals surface area contributed by atoms with Crippen LogP contribution >= 0.6 is 34.8 Å². The number of fused-ring (bicyclic) bond motifs is 2. The van der Waals surface area contributed by atoms with Crippen molar-refractivity contribution < 1.29 is 0 Å². The number of piperidine rings is 1. The Hall–Kier alpha value is 0.0500. The van der Waals surface area contributed by atoms with Crippen molar-refractivity contribution in [3.05, 3.63) is 33.8 Å². The zero-order valence-corrected chi connectivity index (χ0v) is 12.3. The first-order valence-electron chi connectivity index (χ1n) is 6.48. The van der Waals surface area contributed by atoms with Gasteiger partial charge in [-0.3, -0.25) is 4.90 Å². The minimum Gasteiger partial charge on any atom is -0.293 e. The fourth-order valence-corrected chi connectivity index (χ4v) is 4.26. The van der Waals surface area contributed by atoms with Crippen LogP contribution in [0.5, 0.6) is 0 Å². The van der Waals surface area contributed by atoms with Crippen LogP contribution in [-0.4, -0.2) is 22.4 Å². The molecule has 2 bridgehead atoms. The summed E-state index contributed by atoms with van der Waals surface area (Å²) in [4.78, 5) is 2.55. The first-order valence-corrected chi connectivity index (χ1v) is 7.67. The van der Waals surface area contributed by atoms with Gasteiger partial charge in [-0.1, -0.05) is 29.3 Å². The molecule has 0 aromatic heterocycles. The molecule has 2 heterocycles. The highest BCUT2D eigenvalue weighted by Gasteiger charge is 2.40. The minimum absolute atomic E-state index is 0.348. The van der Waals surface area contributed by atoms with E-state index in [1.807, 2.05) is 18.2 Å². The Morgan fingerprint density at radius 1 is 1.06 bits per heavy atom. The van der Waals surface area contributed by atoms with E-state index >= 15 is 0 Å². The fraction of sp³-hybridized carbons (Fsp3) is 0.571. The molecule has 0 spiro atoms. The Morgan fingerprint density at radius 2 is 1.61 bits per heavy atom. The van der Waals surface area contributed by atoms with E-state index in [0.29, 0.717) is 17.5 Å². The lowest BCUT2D eigenvalue weighted by Crippen LogP contribution is -2.42. The van der Waals surface area contributed by atoms with Crippen LogP contribution < -0.4 is 0 Å². The summed E-state index contributed by atoms with van der Waals surface area (Å²) in [5.41, 5.74) is 1.06. The summed E-state index contributed by atoms with van der Waals surface area (Å²) in [6.45, 7) is 0.859. The van der Waals surface area contributed by atoms with Gasteiger partial charge in [-0.25, -0.2) is 0 Å². The zero-order chi connectivity index (χ0) is 12.7. The number of nitrogens with zero attached hydrogens (tertiary/aromatic N) is 1. The first kappa shape index (κ1) is 13.1. The number of hydrogen-bond acceptors (Lipinski definition) is 1. The van der Waals surface area contributed by atoms with Crippen molar-refractivity contribution in [2.75, 3.05) is 0 Å². The molecule has 2 fully saturated rings. The molecule has 3 rings (SSSR count). The van der Waals surface area contributed by atoms with E-state index in [9.17, 15) is 0 Å². The van der Waals surface area contributed by atoms with E-state index in [1.165, 1.54) is 12.8 Å². The largest absolute Gasteiger partial charge is 0.293 e. The maximum absolute atomic E-state index is 6.30. The van der Waals surface area contributed by atoms with Gasteiger partial charge in [0.1, 0.15) is 0 Å². The molecular weight excluding hydrogens is 289 g/mol. The Morgan fingerprint density at radius 3 is 2.17 bits per heavy atom. The van der Waals surface area contributed by atoms with E-state index in [-0.39, 0.29) is 0 Å². The van der Waals surface area contributed by atoms with Crippen molar-refractivity contribution in [2.45, 2.75) is 49.7 Å². The van der Waals surface area contributed by atoms with Crippen LogP contribution in [0, 0.1) is 0 Å². The van der Waals surface area contributed by atoms with Gasteiger partial charge in [0.05, 0.1) is 0 Å². The lowest BCUT2D eigenvalue weighted by Gasteiger charge is -2.37. The predicted octanol–water partition coefficient (Wildman–Crippen LogP) is 4.73. The number of rotatable bonds is 2. The van der Waals surface area contributed by atoms with Crippen molar-refractivity contribution in [1.82, 2.24) is 4.90 Å². The molecule has 2 atom stereocenters. The third-order valence-corrected chi connectivity index (χ3v) is 5.29. The summed E-state index contributed by atoms with van der Waals surface area (Å²) in [5.74, 6) is 0. The van der Waals surface area contributed by atoms with Gasteiger partial charge < -0.3 is 0 Å². The van der Waals surface area contributed by atoms with Crippen LogP contribution in [0.15, 0.2) is 18.2 Å². The molecule has 1 nitrogen and oxygen atoms in total. The summed E-state index contributed by atoms with van der Waals surface area (Å²) in [5, 5.41) is 1.89. The van der Waals surface area contributed by atoms with Crippen LogP contribution in [0.4, 0.5) is 0 Å². The summed E-state index contributed by atoms with van der Waals surface area (Å²) in [7, 11) is 0. The molecule has 2 aliphatic rings. The number of benzene rings is 1.